The molecule has 0 spiro atoms. The third-order valence-electron chi connectivity index (χ3n) is 29.3. The zero-order valence-electron chi connectivity index (χ0n) is 77.7. The van der Waals surface area contributed by atoms with E-state index < -0.39 is 0 Å². The first-order valence-corrected chi connectivity index (χ1v) is 48.9. The van der Waals surface area contributed by atoms with Gasteiger partial charge in [-0.2, -0.15) is 0 Å². The molecule has 31 rings (SSSR count). The van der Waals surface area contributed by atoms with E-state index in [1.165, 1.54) is 53.9 Å². The minimum absolute atomic E-state index is 0.547. The van der Waals surface area contributed by atoms with Crippen LogP contribution in [0.25, 0.3) is 299 Å². The molecule has 0 amide bonds. The van der Waals surface area contributed by atoms with Gasteiger partial charge < -0.3 is 31.5 Å². The fourth-order valence-electron chi connectivity index (χ4n) is 22.8. The maximum Gasteiger partial charge on any atom is 0.167 e. The molecule has 0 atom stereocenters. The molecule has 31 aromatic rings. The maximum atomic E-state index is 7.16. The zero-order valence-corrected chi connectivity index (χ0v) is 77.7. The lowest BCUT2D eigenvalue weighted by Crippen LogP contribution is -2.00. The van der Waals surface area contributed by atoms with Crippen LogP contribution in [0, 0.1) is 0 Å². The predicted octanol–water partition coefficient (Wildman–Crippen LogP) is 34.6. The lowest BCUT2D eigenvalue weighted by atomic mass is 9.93. The van der Waals surface area contributed by atoms with Crippen LogP contribution in [0.2, 0.25) is 0 Å². The fourth-order valence-corrected chi connectivity index (χ4v) is 22.8. The van der Waals surface area contributed by atoms with Crippen LogP contribution in [0.3, 0.4) is 0 Å². The number of hydrogen-bond donors (Lipinski definition) is 0. The number of benzene rings is 22. The van der Waals surface area contributed by atoms with E-state index >= 15 is 0 Å². The van der Waals surface area contributed by atoms with E-state index in [2.05, 4.69) is 364 Å². The van der Waals surface area contributed by atoms with E-state index in [-0.39, 0.29) is 0 Å². The molecular weight excluding hydrogens is 1770 g/mol. The summed E-state index contributed by atoms with van der Waals surface area (Å²) in [5.74, 6) is 3.67. The molecule has 0 aliphatic rings. The molecule has 9 heterocycles. The highest BCUT2D eigenvalue weighted by molar-refractivity contribution is 6.28. The topological polar surface area (TPSA) is 136 Å². The van der Waals surface area contributed by atoms with Gasteiger partial charge in [0.2, 0.25) is 0 Å². The quantitative estimate of drug-likeness (QED) is 0.110. The summed E-state index contributed by atoms with van der Waals surface area (Å²) in [6.45, 7) is 0. The number of fused-ring (bicyclic) bond motifs is 29. The van der Waals surface area contributed by atoms with Gasteiger partial charge in [-0.25, -0.2) is 29.9 Å². The first kappa shape index (κ1) is 81.3. The van der Waals surface area contributed by atoms with Crippen molar-refractivity contribution in [3.05, 3.63) is 473 Å². The first-order chi connectivity index (χ1) is 71.9. The lowest BCUT2D eigenvalue weighted by molar-refractivity contribution is 0.667. The smallest absolute Gasteiger partial charge is 0.167 e. The number of furan rings is 3. The standard InChI is InChI=1S/C69H41N5O.C63H37N5O2/c1-4-17-42(18-5-1)67-70-68(43-19-6-2-7-20-43)72-69(71-67)45-31-34-51-52-35-33-47(41-59(52)50-24-11-10-23-49(50)58(51)40-45)73-61-29-14-13-26-54(61)60-39-44(32-38-63(60)73)48-27-16-28-56-57-37-36-55-53-25-12-15-30-62(53)74(46-21-8-3-9-22-46)64(55)66(57)75-65(48)56;1-4-17-38(18-5-1)61-64-62(39-19-6-2-7-20-39)66-63(65-61)50-29-15-27-46-48-28-16-32-55(59(48)69-58(46)50)68-53-31-13-11-24-44(53)51-37-40(33-36-54(51)68)42-25-14-26-47-49-35-34-45-43-23-10-12-30-52(43)67(41-21-8-3-9-22-41)56(45)60(49)70-57(42)47/h1-41H;1-37H. The minimum atomic E-state index is 0.547. The fraction of sp³-hybridized carbons (Fsp3) is 0. The van der Waals surface area contributed by atoms with Gasteiger partial charge >= 0.3 is 0 Å². The summed E-state index contributed by atoms with van der Waals surface area (Å²) in [5.41, 5.74) is 27.9. The second-order valence-corrected chi connectivity index (χ2v) is 37.3. The molecule has 0 saturated heterocycles. The Labute approximate surface area is 827 Å². The van der Waals surface area contributed by atoms with Crippen LogP contribution >= 0.6 is 0 Å². The summed E-state index contributed by atoms with van der Waals surface area (Å²) in [4.78, 5) is 30.2. The molecule has 0 N–H and O–H groups in total. The highest BCUT2D eigenvalue weighted by Gasteiger charge is 2.29. The van der Waals surface area contributed by atoms with Crippen molar-refractivity contribution in [2.45, 2.75) is 0 Å². The Morgan fingerprint density at radius 2 is 0.421 bits per heavy atom. The third-order valence-corrected chi connectivity index (χ3v) is 29.3. The van der Waals surface area contributed by atoms with Crippen molar-refractivity contribution in [2.75, 3.05) is 0 Å². The molecule has 0 unspecified atom stereocenters. The van der Waals surface area contributed by atoms with Crippen LogP contribution in [0.4, 0.5) is 0 Å². The van der Waals surface area contributed by atoms with E-state index in [1.807, 2.05) is 127 Å². The molecule has 0 aliphatic heterocycles. The van der Waals surface area contributed by atoms with E-state index in [0.717, 1.165) is 210 Å². The lowest BCUT2D eigenvalue weighted by Gasteiger charge is -2.15. The van der Waals surface area contributed by atoms with Crippen molar-refractivity contribution < 1.29 is 13.3 Å². The molecule has 22 aromatic carbocycles. The molecule has 0 radical (unpaired) electrons. The summed E-state index contributed by atoms with van der Waals surface area (Å²) in [5, 5.41) is 22.8. The molecule has 0 fully saturated rings. The van der Waals surface area contributed by atoms with Crippen molar-refractivity contribution in [1.82, 2.24) is 48.2 Å². The van der Waals surface area contributed by atoms with Gasteiger partial charge in [-0.3, -0.25) is 0 Å². The number of aromatic nitrogens is 10. The Hall–Kier alpha value is -19.8. The van der Waals surface area contributed by atoms with E-state index in [0.29, 0.717) is 34.9 Å². The molecule has 0 saturated carbocycles. The highest BCUT2D eigenvalue weighted by Crippen LogP contribution is 2.50. The van der Waals surface area contributed by atoms with Crippen molar-refractivity contribution in [1.29, 1.82) is 0 Å². The number of hydrogen-bond acceptors (Lipinski definition) is 9. The molecule has 9 aromatic heterocycles. The van der Waals surface area contributed by atoms with Crippen molar-refractivity contribution >= 4 is 185 Å². The van der Waals surface area contributed by atoms with Crippen molar-refractivity contribution in [3.8, 4) is 113 Å². The second-order valence-electron chi connectivity index (χ2n) is 37.3. The Bertz CT molecular complexity index is 10700. The first-order valence-electron chi connectivity index (χ1n) is 48.9. The van der Waals surface area contributed by atoms with Crippen LogP contribution in [-0.4, -0.2) is 48.2 Å². The molecule has 674 valence electrons. The van der Waals surface area contributed by atoms with Gasteiger partial charge in [-0.05, 0) is 159 Å². The van der Waals surface area contributed by atoms with E-state index in [4.69, 9.17) is 43.2 Å². The maximum absolute atomic E-state index is 7.16. The molecule has 13 nitrogen and oxygen atoms in total. The van der Waals surface area contributed by atoms with Crippen LogP contribution < -0.4 is 0 Å². The summed E-state index contributed by atoms with van der Waals surface area (Å²) in [7, 11) is 0. The molecular formula is C132H78N10O3. The Morgan fingerprint density at radius 1 is 0.138 bits per heavy atom. The van der Waals surface area contributed by atoms with Crippen LogP contribution in [0.1, 0.15) is 0 Å². The summed E-state index contributed by atoms with van der Waals surface area (Å²) >= 11 is 0. The van der Waals surface area contributed by atoms with Crippen molar-refractivity contribution in [3.63, 3.8) is 0 Å². The Kier molecular flexibility index (Phi) is 18.2. The molecule has 13 heteroatoms. The second kappa shape index (κ2) is 32.4. The van der Waals surface area contributed by atoms with E-state index in [9.17, 15) is 0 Å². The third kappa shape index (κ3) is 12.8. The zero-order chi connectivity index (χ0) is 95.0. The van der Waals surface area contributed by atoms with Gasteiger partial charge in [0.05, 0.1) is 55.4 Å². The number of para-hydroxylation sites is 10. The largest absolute Gasteiger partial charge is 0.453 e. The average Bonchev–Trinajstić information content (AvgIpc) is 1.57. The molecule has 0 bridgehead atoms. The van der Waals surface area contributed by atoms with Crippen molar-refractivity contribution in [2.24, 2.45) is 0 Å². The normalized spacial score (nSPS) is 12.0. The number of rotatable bonds is 12. The highest BCUT2D eigenvalue weighted by atomic mass is 16.3. The van der Waals surface area contributed by atoms with Crippen LogP contribution in [0.15, 0.2) is 486 Å². The van der Waals surface area contributed by atoms with Gasteiger partial charge in [-0.15, -0.1) is 0 Å². The Balaban J connectivity index is 0.000000135. The average molecular weight is 1850 g/mol. The minimum Gasteiger partial charge on any atom is -0.453 e. The number of nitrogens with zero attached hydrogens (tertiary/aromatic N) is 10. The van der Waals surface area contributed by atoms with Crippen LogP contribution in [-0.2, 0) is 0 Å². The van der Waals surface area contributed by atoms with Crippen LogP contribution in [0.5, 0.6) is 0 Å². The Morgan fingerprint density at radius 3 is 0.876 bits per heavy atom. The van der Waals surface area contributed by atoms with Gasteiger partial charge in [0.1, 0.15) is 16.7 Å². The predicted molar refractivity (Wildman–Crippen MR) is 595 cm³/mol. The van der Waals surface area contributed by atoms with Gasteiger partial charge in [0.15, 0.2) is 51.7 Å². The molecule has 0 aliphatic carbocycles. The van der Waals surface area contributed by atoms with Gasteiger partial charge in [0, 0.05) is 131 Å². The van der Waals surface area contributed by atoms with Gasteiger partial charge in [0.25, 0.3) is 0 Å². The summed E-state index contributed by atoms with van der Waals surface area (Å²) in [6.07, 6.45) is 0. The van der Waals surface area contributed by atoms with E-state index in [1.54, 1.807) is 0 Å². The van der Waals surface area contributed by atoms with Gasteiger partial charge in [-0.1, -0.05) is 358 Å². The SMILES string of the molecule is c1ccc(-c2nc(-c3ccccc3)nc(-c3ccc4c5ccc(-n6c7ccccc7c7cc(-c8cccc9c8oc8c9ccc9c%10ccccc%10n(-c%10ccccc%10)c98)ccc76)cc5c5ccccc5c4c3)n2)cc1.c1ccc(-c2nc(-c3ccccc3)nc(-c3cccc4c3oc3c(-n5c6ccccc6c6cc(-c7cccc8c7oc7c8ccc8c9ccccc9n(-c9ccccc9)c87)ccc65)cccc34)n2)cc1. The summed E-state index contributed by atoms with van der Waals surface area (Å²) in [6, 6.07) is 167. The summed E-state index contributed by atoms with van der Waals surface area (Å²) < 4.78 is 30.9. The molecule has 145 heavy (non-hydrogen) atoms. The monoisotopic (exact) mass is 1850 g/mol.